The lowest BCUT2D eigenvalue weighted by Gasteiger charge is -2.17. The minimum Gasteiger partial charge on any atom is -0.433 e. The number of hydrogen-bond donors (Lipinski definition) is 2. The summed E-state index contributed by atoms with van der Waals surface area (Å²) in [5.41, 5.74) is 0.0401. The zero-order valence-electron chi connectivity index (χ0n) is 9.91. The van der Waals surface area contributed by atoms with E-state index in [2.05, 4.69) is 14.7 Å². The number of carbonyl (C=O) groups is 1. The molecular formula is C11H15ClN2O4. The highest BCUT2D eigenvalue weighted by atomic mass is 35.5. The van der Waals surface area contributed by atoms with Gasteiger partial charge in [0, 0.05) is 6.42 Å². The van der Waals surface area contributed by atoms with Crippen molar-refractivity contribution in [1.29, 1.82) is 0 Å². The fourth-order valence-corrected chi connectivity index (χ4v) is 1.38. The van der Waals surface area contributed by atoms with E-state index in [0.717, 1.165) is 6.42 Å². The molecule has 0 saturated carbocycles. The van der Waals surface area contributed by atoms with Crippen molar-refractivity contribution in [2.24, 2.45) is 0 Å². The normalized spacial score (nSPS) is 14.0. The van der Waals surface area contributed by atoms with Crippen LogP contribution in [0.1, 0.15) is 38.0 Å². The fraction of sp³-hybridized carbons (Fsp3) is 0.545. The molecule has 0 aliphatic carbocycles. The largest absolute Gasteiger partial charge is 0.433 e. The number of aromatic nitrogens is 2. The zero-order valence-corrected chi connectivity index (χ0v) is 10.7. The quantitative estimate of drug-likeness (QED) is 0.598. The molecule has 0 aromatic carbocycles. The second-order valence-electron chi connectivity index (χ2n) is 3.70. The SMILES string of the molecule is CCCCC(=O)O[C@H](O)[C@@H](O)c1cncc(Cl)n1. The van der Waals surface area contributed by atoms with E-state index in [9.17, 15) is 15.0 Å². The van der Waals surface area contributed by atoms with E-state index >= 15 is 0 Å². The molecule has 1 rings (SSSR count). The molecule has 0 radical (unpaired) electrons. The summed E-state index contributed by atoms with van der Waals surface area (Å²) in [4.78, 5) is 18.7. The third kappa shape index (κ3) is 4.56. The Bertz CT molecular complexity index is 402. The number of carbonyl (C=O) groups excluding carboxylic acids is 1. The maximum atomic E-state index is 11.3. The second-order valence-corrected chi connectivity index (χ2v) is 4.08. The summed E-state index contributed by atoms with van der Waals surface area (Å²) < 4.78 is 4.66. The summed E-state index contributed by atoms with van der Waals surface area (Å²) >= 11 is 5.59. The van der Waals surface area contributed by atoms with Gasteiger partial charge in [0.15, 0.2) is 6.10 Å². The molecule has 0 aliphatic heterocycles. The molecular weight excluding hydrogens is 260 g/mol. The number of ether oxygens (including phenoxy) is 1. The minimum atomic E-state index is -1.68. The fourth-order valence-electron chi connectivity index (χ4n) is 1.22. The molecule has 0 saturated heterocycles. The molecule has 100 valence electrons. The van der Waals surface area contributed by atoms with Crippen molar-refractivity contribution in [3.63, 3.8) is 0 Å². The van der Waals surface area contributed by atoms with Crippen molar-refractivity contribution >= 4 is 17.6 Å². The average molecular weight is 275 g/mol. The van der Waals surface area contributed by atoms with Crippen molar-refractivity contribution in [3.8, 4) is 0 Å². The van der Waals surface area contributed by atoms with E-state index in [0.29, 0.717) is 6.42 Å². The Balaban J connectivity index is 2.55. The lowest BCUT2D eigenvalue weighted by atomic mass is 10.2. The van der Waals surface area contributed by atoms with Gasteiger partial charge in [0.25, 0.3) is 0 Å². The van der Waals surface area contributed by atoms with Gasteiger partial charge in [0.2, 0.25) is 6.29 Å². The third-order valence-corrected chi connectivity index (χ3v) is 2.37. The molecule has 7 heteroatoms. The number of halogens is 1. The number of aliphatic hydroxyl groups is 2. The predicted octanol–water partition coefficient (Wildman–Crippen LogP) is 1.22. The minimum absolute atomic E-state index is 0.0401. The smallest absolute Gasteiger partial charge is 0.308 e. The van der Waals surface area contributed by atoms with Crippen LogP contribution in [0.4, 0.5) is 0 Å². The Labute approximate surface area is 110 Å². The van der Waals surface area contributed by atoms with Gasteiger partial charge < -0.3 is 14.9 Å². The van der Waals surface area contributed by atoms with Crippen LogP contribution in [-0.2, 0) is 9.53 Å². The van der Waals surface area contributed by atoms with Crippen molar-refractivity contribution in [2.75, 3.05) is 0 Å². The molecule has 0 aliphatic rings. The molecule has 0 spiro atoms. The summed E-state index contributed by atoms with van der Waals surface area (Å²) in [5.74, 6) is -0.571. The molecule has 2 atom stereocenters. The van der Waals surface area contributed by atoms with Crippen molar-refractivity contribution in [3.05, 3.63) is 23.2 Å². The highest BCUT2D eigenvalue weighted by Gasteiger charge is 2.23. The topological polar surface area (TPSA) is 92.5 Å². The Morgan fingerprint density at radius 2 is 2.22 bits per heavy atom. The molecule has 18 heavy (non-hydrogen) atoms. The van der Waals surface area contributed by atoms with E-state index in [1.165, 1.54) is 12.4 Å². The monoisotopic (exact) mass is 274 g/mol. The summed E-state index contributed by atoms with van der Waals surface area (Å²) in [5, 5.41) is 19.3. The Morgan fingerprint density at radius 1 is 1.50 bits per heavy atom. The number of hydrogen-bond acceptors (Lipinski definition) is 6. The van der Waals surface area contributed by atoms with Gasteiger partial charge in [-0.25, -0.2) is 4.98 Å². The van der Waals surface area contributed by atoms with Gasteiger partial charge in [0.05, 0.1) is 18.1 Å². The number of esters is 1. The second kappa shape index (κ2) is 7.25. The first-order valence-electron chi connectivity index (χ1n) is 5.57. The number of nitrogens with zero attached hydrogens (tertiary/aromatic N) is 2. The van der Waals surface area contributed by atoms with Gasteiger partial charge in [-0.1, -0.05) is 24.9 Å². The Morgan fingerprint density at radius 3 is 2.83 bits per heavy atom. The van der Waals surface area contributed by atoms with Gasteiger partial charge >= 0.3 is 5.97 Å². The first kappa shape index (κ1) is 14.8. The standard InChI is InChI=1S/C11H15ClN2O4/c1-2-3-4-9(15)18-11(17)10(16)7-5-13-6-8(12)14-7/h5-6,10-11,16-17H,2-4H2,1H3/t10-,11-/m0/s1. The molecule has 2 N–H and O–H groups in total. The van der Waals surface area contributed by atoms with Crippen LogP contribution in [0.15, 0.2) is 12.4 Å². The molecule has 0 unspecified atom stereocenters. The summed E-state index contributed by atoms with van der Waals surface area (Å²) in [6.07, 6.45) is 1.08. The van der Waals surface area contributed by atoms with E-state index in [1.807, 2.05) is 6.92 Å². The number of unbranched alkanes of at least 4 members (excludes halogenated alkanes) is 1. The third-order valence-electron chi connectivity index (χ3n) is 2.18. The highest BCUT2D eigenvalue weighted by molar-refractivity contribution is 6.29. The maximum absolute atomic E-state index is 11.3. The lowest BCUT2D eigenvalue weighted by molar-refractivity contribution is -0.188. The first-order chi connectivity index (χ1) is 8.54. The van der Waals surface area contributed by atoms with Gasteiger partial charge in [-0.3, -0.25) is 9.78 Å². The molecule has 0 amide bonds. The number of aliphatic hydroxyl groups excluding tert-OH is 2. The van der Waals surface area contributed by atoms with Gasteiger partial charge in [0.1, 0.15) is 5.15 Å². The molecule has 1 aromatic rings. The summed E-state index contributed by atoms with van der Waals surface area (Å²) in [6, 6.07) is 0. The van der Waals surface area contributed by atoms with E-state index in [1.54, 1.807) is 0 Å². The van der Waals surface area contributed by atoms with Crippen molar-refractivity contribution < 1.29 is 19.7 Å². The first-order valence-corrected chi connectivity index (χ1v) is 5.95. The van der Waals surface area contributed by atoms with Crippen LogP contribution in [-0.4, -0.2) is 32.4 Å². The van der Waals surface area contributed by atoms with Crippen LogP contribution in [0, 0.1) is 0 Å². The van der Waals surface area contributed by atoms with Crippen molar-refractivity contribution in [2.45, 2.75) is 38.6 Å². The van der Waals surface area contributed by atoms with E-state index in [-0.39, 0.29) is 17.3 Å². The zero-order chi connectivity index (χ0) is 13.5. The average Bonchev–Trinajstić information content (AvgIpc) is 2.35. The molecule has 0 fully saturated rings. The van der Waals surface area contributed by atoms with Crippen LogP contribution >= 0.6 is 11.6 Å². The summed E-state index contributed by atoms with van der Waals surface area (Å²) in [6.45, 7) is 1.93. The van der Waals surface area contributed by atoms with Crippen LogP contribution in [0.5, 0.6) is 0 Å². The Hall–Kier alpha value is -1.24. The van der Waals surface area contributed by atoms with E-state index in [4.69, 9.17) is 11.6 Å². The van der Waals surface area contributed by atoms with Crippen LogP contribution in [0.25, 0.3) is 0 Å². The van der Waals surface area contributed by atoms with Crippen molar-refractivity contribution in [1.82, 2.24) is 9.97 Å². The van der Waals surface area contributed by atoms with Gasteiger partial charge in [-0.15, -0.1) is 0 Å². The van der Waals surface area contributed by atoms with Gasteiger partial charge in [-0.2, -0.15) is 0 Å². The molecule has 1 aromatic heterocycles. The highest BCUT2D eigenvalue weighted by Crippen LogP contribution is 2.17. The van der Waals surface area contributed by atoms with E-state index < -0.39 is 18.4 Å². The van der Waals surface area contributed by atoms with Crippen LogP contribution in [0.3, 0.4) is 0 Å². The Kier molecular flexibility index (Phi) is 5.97. The lowest BCUT2D eigenvalue weighted by Crippen LogP contribution is -2.25. The van der Waals surface area contributed by atoms with Crippen LogP contribution in [0.2, 0.25) is 5.15 Å². The number of rotatable bonds is 6. The molecule has 1 heterocycles. The molecule has 6 nitrogen and oxygen atoms in total. The summed E-state index contributed by atoms with van der Waals surface area (Å²) in [7, 11) is 0. The predicted molar refractivity (Wildman–Crippen MR) is 63.6 cm³/mol. The maximum Gasteiger partial charge on any atom is 0.308 e. The van der Waals surface area contributed by atoms with Gasteiger partial charge in [-0.05, 0) is 6.42 Å². The van der Waals surface area contributed by atoms with Crippen LogP contribution < -0.4 is 0 Å². The molecule has 0 bridgehead atoms.